The molecule has 0 fully saturated rings. The maximum atomic E-state index is 12.6. The predicted molar refractivity (Wildman–Crippen MR) is 103 cm³/mol. The summed E-state index contributed by atoms with van der Waals surface area (Å²) in [7, 11) is 0. The number of hydrogen-bond donors (Lipinski definition) is 1. The number of halogens is 2. The van der Waals surface area contributed by atoms with Crippen LogP contribution in [0.2, 0.25) is 10.0 Å². The third-order valence-corrected chi connectivity index (χ3v) is 5.21. The summed E-state index contributed by atoms with van der Waals surface area (Å²) in [5, 5.41) is 4.20. The number of aromatic nitrogens is 2. The van der Waals surface area contributed by atoms with E-state index in [4.69, 9.17) is 23.2 Å². The van der Waals surface area contributed by atoms with Gasteiger partial charge in [0.05, 0.1) is 17.3 Å². The molecule has 7 heteroatoms. The molecule has 132 valence electrons. The molecule has 26 heavy (non-hydrogen) atoms. The highest BCUT2D eigenvalue weighted by molar-refractivity contribution is 6.36. The van der Waals surface area contributed by atoms with Crippen molar-refractivity contribution in [3.63, 3.8) is 0 Å². The van der Waals surface area contributed by atoms with Crippen LogP contribution in [0, 0.1) is 0 Å². The summed E-state index contributed by atoms with van der Waals surface area (Å²) in [5.41, 5.74) is 1.71. The van der Waals surface area contributed by atoms with Crippen LogP contribution >= 0.6 is 23.2 Å². The zero-order chi connectivity index (χ0) is 18.3. The molecule has 0 saturated carbocycles. The lowest BCUT2D eigenvalue weighted by molar-refractivity contribution is -0.115. The van der Waals surface area contributed by atoms with Crippen molar-refractivity contribution in [2.24, 2.45) is 0 Å². The SMILES string of the molecule is O=C(Cc1c(Cl)cccc1Cl)Nc1ccc2nc3n(c(=O)c2c1)CCC3. The molecular weight excluding hydrogens is 373 g/mol. The molecule has 0 spiro atoms. The van der Waals surface area contributed by atoms with Gasteiger partial charge in [0.15, 0.2) is 0 Å². The number of carbonyl (C=O) groups excluding carboxylic acids is 1. The van der Waals surface area contributed by atoms with Crippen molar-refractivity contribution in [3.8, 4) is 0 Å². The second kappa shape index (κ2) is 6.74. The van der Waals surface area contributed by atoms with Gasteiger partial charge in [-0.3, -0.25) is 14.2 Å². The van der Waals surface area contributed by atoms with Gasteiger partial charge in [0.25, 0.3) is 5.56 Å². The van der Waals surface area contributed by atoms with E-state index in [0.717, 1.165) is 18.7 Å². The number of nitrogens with zero attached hydrogens (tertiary/aromatic N) is 2. The smallest absolute Gasteiger partial charge is 0.261 e. The van der Waals surface area contributed by atoms with Gasteiger partial charge in [0.1, 0.15) is 5.82 Å². The fourth-order valence-electron chi connectivity index (χ4n) is 3.23. The molecule has 0 aliphatic carbocycles. The van der Waals surface area contributed by atoms with Gasteiger partial charge in [0, 0.05) is 28.7 Å². The molecule has 0 atom stereocenters. The zero-order valence-corrected chi connectivity index (χ0v) is 15.3. The van der Waals surface area contributed by atoms with Gasteiger partial charge in [0.2, 0.25) is 5.91 Å². The molecule has 1 aliphatic heterocycles. The lowest BCUT2D eigenvalue weighted by Gasteiger charge is -2.10. The number of nitrogens with one attached hydrogen (secondary N) is 1. The zero-order valence-electron chi connectivity index (χ0n) is 13.8. The van der Waals surface area contributed by atoms with Crippen LogP contribution in [0.5, 0.6) is 0 Å². The first-order chi connectivity index (χ1) is 12.5. The molecule has 1 aliphatic rings. The number of rotatable bonds is 3. The first-order valence-electron chi connectivity index (χ1n) is 8.29. The molecule has 2 aromatic carbocycles. The molecule has 3 aromatic rings. The van der Waals surface area contributed by atoms with Crippen molar-refractivity contribution in [1.29, 1.82) is 0 Å². The van der Waals surface area contributed by atoms with Crippen LogP contribution in [0.25, 0.3) is 10.9 Å². The summed E-state index contributed by atoms with van der Waals surface area (Å²) >= 11 is 12.2. The van der Waals surface area contributed by atoms with Gasteiger partial charge in [-0.2, -0.15) is 0 Å². The Labute approximate surface area is 159 Å². The van der Waals surface area contributed by atoms with E-state index in [1.807, 2.05) is 0 Å². The minimum Gasteiger partial charge on any atom is -0.326 e. The Kier molecular flexibility index (Phi) is 4.42. The van der Waals surface area contributed by atoms with E-state index >= 15 is 0 Å². The normalized spacial score (nSPS) is 13.0. The highest BCUT2D eigenvalue weighted by Crippen LogP contribution is 2.25. The predicted octanol–water partition coefficient (Wildman–Crippen LogP) is 3.83. The maximum Gasteiger partial charge on any atom is 0.261 e. The van der Waals surface area contributed by atoms with Crippen LogP contribution in [-0.2, 0) is 24.2 Å². The molecule has 0 unspecified atom stereocenters. The van der Waals surface area contributed by atoms with E-state index in [9.17, 15) is 9.59 Å². The Hall–Kier alpha value is -2.37. The van der Waals surface area contributed by atoms with Crippen molar-refractivity contribution >= 4 is 45.7 Å². The highest BCUT2D eigenvalue weighted by atomic mass is 35.5. The molecule has 5 nitrogen and oxygen atoms in total. The Morgan fingerprint density at radius 1 is 1.19 bits per heavy atom. The van der Waals surface area contributed by atoms with Crippen LogP contribution in [0.3, 0.4) is 0 Å². The number of hydrogen-bond acceptors (Lipinski definition) is 3. The molecule has 1 amide bonds. The molecule has 0 bridgehead atoms. The lowest BCUT2D eigenvalue weighted by Crippen LogP contribution is -2.21. The molecule has 1 aromatic heterocycles. The first-order valence-corrected chi connectivity index (χ1v) is 9.05. The third-order valence-electron chi connectivity index (χ3n) is 4.50. The van der Waals surface area contributed by atoms with Crippen molar-refractivity contribution in [3.05, 3.63) is 68.2 Å². The minimum atomic E-state index is -0.256. The number of anilines is 1. The van der Waals surface area contributed by atoms with E-state index < -0.39 is 0 Å². The summed E-state index contributed by atoms with van der Waals surface area (Å²) in [4.78, 5) is 29.5. The first kappa shape index (κ1) is 17.1. The van der Waals surface area contributed by atoms with Gasteiger partial charge in [-0.1, -0.05) is 29.3 Å². The molecule has 0 saturated heterocycles. The average Bonchev–Trinajstić information content (AvgIpc) is 3.08. The largest absolute Gasteiger partial charge is 0.326 e. The standard InChI is InChI=1S/C19H15Cl2N3O2/c20-14-3-1-4-15(21)12(14)10-18(25)22-11-6-7-16-13(9-11)19(26)24-8-2-5-17(24)23-16/h1,3-4,6-7,9H,2,5,8,10H2,(H,22,25). The molecular formula is C19H15Cl2N3O2. The number of fused-ring (bicyclic) bond motifs is 2. The fraction of sp³-hybridized carbons (Fsp3) is 0.211. The van der Waals surface area contributed by atoms with Gasteiger partial charge in [-0.25, -0.2) is 4.98 Å². The number of amides is 1. The van der Waals surface area contributed by atoms with Gasteiger partial charge < -0.3 is 5.32 Å². The molecule has 4 rings (SSSR count). The minimum absolute atomic E-state index is 0.0535. The highest BCUT2D eigenvalue weighted by Gasteiger charge is 2.17. The average molecular weight is 388 g/mol. The molecule has 0 radical (unpaired) electrons. The van der Waals surface area contributed by atoms with E-state index in [0.29, 0.717) is 38.7 Å². The van der Waals surface area contributed by atoms with E-state index in [2.05, 4.69) is 10.3 Å². The van der Waals surface area contributed by atoms with Crippen LogP contribution in [0.1, 0.15) is 17.8 Å². The van der Waals surface area contributed by atoms with Crippen molar-refractivity contribution in [2.75, 3.05) is 5.32 Å². The fourth-order valence-corrected chi connectivity index (χ4v) is 3.76. The summed E-state index contributed by atoms with van der Waals surface area (Å²) < 4.78 is 1.71. The summed E-state index contributed by atoms with van der Waals surface area (Å²) in [6.07, 6.45) is 1.81. The maximum absolute atomic E-state index is 12.6. The lowest BCUT2D eigenvalue weighted by atomic mass is 10.1. The Morgan fingerprint density at radius 2 is 1.96 bits per heavy atom. The number of carbonyl (C=O) groups is 1. The Balaban J connectivity index is 1.61. The number of benzene rings is 2. The summed E-state index contributed by atoms with van der Waals surface area (Å²) in [5.74, 6) is 0.571. The topological polar surface area (TPSA) is 64.0 Å². The van der Waals surface area contributed by atoms with E-state index in [1.165, 1.54) is 0 Å². The van der Waals surface area contributed by atoms with Crippen LogP contribution in [0.15, 0.2) is 41.2 Å². The third kappa shape index (κ3) is 3.08. The Morgan fingerprint density at radius 3 is 2.73 bits per heavy atom. The van der Waals surface area contributed by atoms with Gasteiger partial charge in [-0.15, -0.1) is 0 Å². The van der Waals surface area contributed by atoms with Crippen molar-refractivity contribution < 1.29 is 4.79 Å². The van der Waals surface area contributed by atoms with Gasteiger partial charge >= 0.3 is 0 Å². The molecule has 2 heterocycles. The second-order valence-corrected chi connectivity index (χ2v) is 7.06. The summed E-state index contributed by atoms with van der Waals surface area (Å²) in [6, 6.07) is 10.3. The van der Waals surface area contributed by atoms with Gasteiger partial charge in [-0.05, 0) is 42.3 Å². The quantitative estimate of drug-likeness (QED) is 0.742. The second-order valence-electron chi connectivity index (χ2n) is 6.25. The van der Waals surface area contributed by atoms with Crippen LogP contribution < -0.4 is 10.9 Å². The summed E-state index contributed by atoms with van der Waals surface area (Å²) in [6.45, 7) is 0.693. The van der Waals surface area contributed by atoms with Crippen molar-refractivity contribution in [1.82, 2.24) is 9.55 Å². The van der Waals surface area contributed by atoms with Crippen LogP contribution in [0.4, 0.5) is 5.69 Å². The van der Waals surface area contributed by atoms with Crippen LogP contribution in [-0.4, -0.2) is 15.5 Å². The number of aryl methyl sites for hydroxylation is 1. The van der Waals surface area contributed by atoms with Crippen molar-refractivity contribution in [2.45, 2.75) is 25.8 Å². The molecule has 1 N–H and O–H groups in total. The van der Waals surface area contributed by atoms with E-state index in [-0.39, 0.29) is 17.9 Å². The monoisotopic (exact) mass is 387 g/mol. The van der Waals surface area contributed by atoms with E-state index in [1.54, 1.807) is 41.0 Å². The Bertz CT molecular complexity index is 1070.